The van der Waals surface area contributed by atoms with Crippen LogP contribution in [0, 0.1) is 0 Å². The van der Waals surface area contributed by atoms with Crippen LogP contribution >= 0.6 is 12.6 Å². The Kier molecular flexibility index (Phi) is 24.3. The summed E-state index contributed by atoms with van der Waals surface area (Å²) in [4.78, 5) is 16.2. The Labute approximate surface area is 48.3 Å². The lowest BCUT2D eigenvalue weighted by Crippen LogP contribution is -1.56. The summed E-state index contributed by atoms with van der Waals surface area (Å²) < 4.78 is 0. The van der Waals surface area contributed by atoms with Crippen molar-refractivity contribution in [1.29, 1.82) is 0 Å². The average Bonchev–Trinajstić information content (AvgIpc) is 1.69. The van der Waals surface area contributed by atoms with Gasteiger partial charge in [0.2, 0.25) is 0 Å². The van der Waals surface area contributed by atoms with E-state index in [0.717, 1.165) is 5.75 Å². The quantitative estimate of drug-likeness (QED) is 0.518. The van der Waals surface area contributed by atoms with Crippen molar-refractivity contribution < 1.29 is 9.59 Å². The van der Waals surface area contributed by atoms with Gasteiger partial charge >= 0.3 is 6.15 Å². The Morgan fingerprint density at radius 3 is 1.71 bits per heavy atom. The van der Waals surface area contributed by atoms with Crippen LogP contribution in [-0.2, 0) is 9.59 Å². The second-order valence-corrected chi connectivity index (χ2v) is 1.25. The van der Waals surface area contributed by atoms with Crippen molar-refractivity contribution in [2.45, 2.75) is 13.3 Å². The highest BCUT2D eigenvalue weighted by molar-refractivity contribution is 7.80. The summed E-state index contributed by atoms with van der Waals surface area (Å²) in [6.07, 6.45) is 1.43. The second kappa shape index (κ2) is 17.2. The smallest absolute Gasteiger partial charge is 0.186 e. The van der Waals surface area contributed by atoms with Crippen LogP contribution in [0.15, 0.2) is 0 Å². The largest absolute Gasteiger partial charge is 0.373 e. The summed E-state index contributed by atoms with van der Waals surface area (Å²) in [6.45, 7) is 2.10. The third-order valence-corrected chi connectivity index (χ3v) is 0.671. The van der Waals surface area contributed by atoms with E-state index in [2.05, 4.69) is 19.6 Å². The Morgan fingerprint density at radius 1 is 1.57 bits per heavy atom. The molecular weight excluding hydrogens is 112 g/mol. The number of thiol groups is 1. The summed E-state index contributed by atoms with van der Waals surface area (Å²) in [5.41, 5.74) is 0. The lowest BCUT2D eigenvalue weighted by molar-refractivity contribution is -0.191. The SMILES string of the molecule is CCCS.O=C=O. The molecule has 0 aromatic carbocycles. The van der Waals surface area contributed by atoms with E-state index in [1.165, 1.54) is 6.42 Å². The first-order valence-corrected chi connectivity index (χ1v) is 2.56. The Hall–Kier alpha value is -0.270. The maximum atomic E-state index is 8.12. The molecule has 0 aromatic heterocycles. The lowest BCUT2D eigenvalue weighted by Gasteiger charge is -1.67. The van der Waals surface area contributed by atoms with Crippen molar-refractivity contribution in [3.8, 4) is 0 Å². The molecule has 3 heteroatoms. The monoisotopic (exact) mass is 120 g/mol. The topological polar surface area (TPSA) is 34.1 Å². The zero-order valence-electron chi connectivity index (χ0n) is 4.18. The van der Waals surface area contributed by atoms with Crippen LogP contribution in [0.1, 0.15) is 13.3 Å². The molecule has 0 radical (unpaired) electrons. The maximum absolute atomic E-state index is 8.12. The number of hydrogen-bond acceptors (Lipinski definition) is 3. The number of rotatable bonds is 1. The Morgan fingerprint density at radius 2 is 1.71 bits per heavy atom. The predicted molar refractivity (Wildman–Crippen MR) is 29.2 cm³/mol. The molecule has 0 fully saturated rings. The van der Waals surface area contributed by atoms with Crippen molar-refractivity contribution >= 4 is 18.8 Å². The van der Waals surface area contributed by atoms with E-state index in [0.29, 0.717) is 0 Å². The van der Waals surface area contributed by atoms with Crippen molar-refractivity contribution in [3.63, 3.8) is 0 Å². The van der Waals surface area contributed by atoms with E-state index in [-0.39, 0.29) is 6.15 Å². The van der Waals surface area contributed by atoms with Crippen molar-refractivity contribution in [3.05, 3.63) is 0 Å². The number of carbonyl (C=O) groups excluding carboxylic acids is 2. The van der Waals surface area contributed by atoms with Crippen molar-refractivity contribution in [2.24, 2.45) is 0 Å². The van der Waals surface area contributed by atoms with Gasteiger partial charge in [-0.25, -0.2) is 0 Å². The highest BCUT2D eigenvalue weighted by Gasteiger charge is 1.57. The minimum Gasteiger partial charge on any atom is -0.186 e. The van der Waals surface area contributed by atoms with Gasteiger partial charge in [-0.15, -0.1) is 0 Å². The van der Waals surface area contributed by atoms with Crippen LogP contribution in [0.5, 0.6) is 0 Å². The summed E-state index contributed by atoms with van der Waals surface area (Å²) in [5, 5.41) is 0. The van der Waals surface area contributed by atoms with Gasteiger partial charge < -0.3 is 0 Å². The fourth-order valence-electron chi connectivity index (χ4n) is 0. The molecule has 7 heavy (non-hydrogen) atoms. The third-order valence-electron chi connectivity index (χ3n) is 0.224. The van der Waals surface area contributed by atoms with Gasteiger partial charge in [-0.3, -0.25) is 0 Å². The predicted octanol–water partition coefficient (Wildman–Crippen LogP) is 0.743. The fraction of sp³-hybridized carbons (Fsp3) is 0.750. The first kappa shape index (κ1) is 9.88. The first-order chi connectivity index (χ1) is 3.33. The van der Waals surface area contributed by atoms with Gasteiger partial charge in [-0.2, -0.15) is 22.2 Å². The second-order valence-electron chi connectivity index (χ2n) is 0.807. The molecule has 0 spiro atoms. The highest BCUT2D eigenvalue weighted by Crippen LogP contribution is 1.74. The van der Waals surface area contributed by atoms with E-state index >= 15 is 0 Å². The third kappa shape index (κ3) is 150. The molecule has 0 aliphatic carbocycles. The molecular formula is C4H8O2S. The van der Waals surface area contributed by atoms with Crippen LogP contribution in [-0.4, -0.2) is 11.9 Å². The molecule has 0 saturated heterocycles. The van der Waals surface area contributed by atoms with Gasteiger partial charge in [0.1, 0.15) is 0 Å². The summed E-state index contributed by atoms with van der Waals surface area (Å²) in [5.74, 6) is 1.01. The Balaban J connectivity index is 0. The van der Waals surface area contributed by atoms with Crippen LogP contribution in [0.25, 0.3) is 0 Å². The molecule has 0 aromatic rings. The summed E-state index contributed by atoms with van der Waals surface area (Å²) >= 11 is 3.92. The van der Waals surface area contributed by atoms with E-state index in [1.54, 1.807) is 0 Å². The molecule has 0 N–H and O–H groups in total. The molecule has 0 aliphatic rings. The normalized spacial score (nSPS) is 5.43. The molecule has 0 aliphatic heterocycles. The van der Waals surface area contributed by atoms with E-state index in [9.17, 15) is 0 Å². The van der Waals surface area contributed by atoms with Crippen LogP contribution < -0.4 is 0 Å². The summed E-state index contributed by atoms with van der Waals surface area (Å²) in [6, 6.07) is 0. The standard InChI is InChI=1S/C3H8S.CO2/c1-2-3-4;2-1-3/h4H,2-3H2,1H3;. The first-order valence-electron chi connectivity index (χ1n) is 1.93. The molecule has 0 amide bonds. The minimum absolute atomic E-state index is 0.250. The van der Waals surface area contributed by atoms with Gasteiger partial charge in [-0.1, -0.05) is 6.92 Å². The van der Waals surface area contributed by atoms with Crippen LogP contribution in [0.3, 0.4) is 0 Å². The van der Waals surface area contributed by atoms with Gasteiger partial charge in [0.05, 0.1) is 0 Å². The van der Waals surface area contributed by atoms with Crippen molar-refractivity contribution in [2.75, 3.05) is 5.75 Å². The van der Waals surface area contributed by atoms with Gasteiger partial charge in [0.15, 0.2) is 0 Å². The van der Waals surface area contributed by atoms with E-state index in [4.69, 9.17) is 9.59 Å². The average molecular weight is 120 g/mol. The zero-order chi connectivity index (χ0) is 6.12. The fourth-order valence-corrected chi connectivity index (χ4v) is 0. The zero-order valence-corrected chi connectivity index (χ0v) is 5.07. The number of hydrogen-bond donors (Lipinski definition) is 1. The van der Waals surface area contributed by atoms with Gasteiger partial charge in [-0.05, 0) is 12.2 Å². The molecule has 0 bridgehead atoms. The van der Waals surface area contributed by atoms with Crippen LogP contribution in [0.4, 0.5) is 0 Å². The van der Waals surface area contributed by atoms with Gasteiger partial charge in [0, 0.05) is 0 Å². The molecule has 0 atom stereocenters. The molecule has 0 rings (SSSR count). The molecule has 0 saturated carbocycles. The molecule has 2 nitrogen and oxygen atoms in total. The highest BCUT2D eigenvalue weighted by atomic mass is 32.1. The van der Waals surface area contributed by atoms with Crippen molar-refractivity contribution in [1.82, 2.24) is 0 Å². The lowest BCUT2D eigenvalue weighted by atomic mass is 10.6. The summed E-state index contributed by atoms with van der Waals surface area (Å²) in [7, 11) is 0. The van der Waals surface area contributed by atoms with Gasteiger partial charge in [0.25, 0.3) is 0 Å². The Bertz CT molecular complexity index is 45.7. The molecule has 0 heterocycles. The minimum atomic E-state index is 0.250. The maximum Gasteiger partial charge on any atom is 0.373 e. The van der Waals surface area contributed by atoms with Crippen LogP contribution in [0.2, 0.25) is 0 Å². The molecule has 0 unspecified atom stereocenters. The van der Waals surface area contributed by atoms with E-state index < -0.39 is 0 Å². The van der Waals surface area contributed by atoms with E-state index in [1.807, 2.05) is 0 Å². The molecule has 42 valence electrons.